The molecule has 0 aromatic carbocycles. The Morgan fingerprint density at radius 2 is 2.08 bits per heavy atom. The number of nitrogens with zero attached hydrogens (tertiary/aromatic N) is 2. The first-order valence-electron chi connectivity index (χ1n) is 8.18. The van der Waals surface area contributed by atoms with E-state index in [-0.39, 0.29) is 42.3 Å². The largest absolute Gasteiger partial charge is 0.350 e. The van der Waals surface area contributed by atoms with Crippen LogP contribution in [0.4, 0.5) is 0 Å². The fraction of sp³-hybridized carbons (Fsp3) is 0.562. The molecule has 4 N–H and O–H groups in total. The van der Waals surface area contributed by atoms with Gasteiger partial charge in [-0.05, 0) is 37.7 Å². The molecule has 7 nitrogen and oxygen atoms in total. The molecule has 0 bridgehead atoms. The van der Waals surface area contributed by atoms with Gasteiger partial charge in [0.2, 0.25) is 0 Å². The highest BCUT2D eigenvalue weighted by atomic mass is 35.5. The van der Waals surface area contributed by atoms with Crippen molar-refractivity contribution in [1.29, 1.82) is 0 Å². The van der Waals surface area contributed by atoms with E-state index in [0.717, 1.165) is 31.4 Å². The highest BCUT2D eigenvalue weighted by Gasteiger charge is 2.30. The van der Waals surface area contributed by atoms with Crippen molar-refractivity contribution in [2.75, 3.05) is 6.54 Å². The number of rotatable bonds is 5. The van der Waals surface area contributed by atoms with E-state index in [1.807, 2.05) is 0 Å². The Labute approximate surface area is 157 Å². The number of halogens is 2. The van der Waals surface area contributed by atoms with E-state index in [2.05, 4.69) is 15.4 Å². The number of aromatic nitrogens is 3. The van der Waals surface area contributed by atoms with Gasteiger partial charge in [0.05, 0.1) is 10.9 Å². The Hall–Kier alpha value is -1.57. The van der Waals surface area contributed by atoms with Crippen LogP contribution in [0.2, 0.25) is 0 Å². The average Bonchev–Trinajstić information content (AvgIpc) is 3.42. The molecular formula is C16H23Cl2N5O2. The van der Waals surface area contributed by atoms with Crippen LogP contribution >= 0.6 is 24.8 Å². The van der Waals surface area contributed by atoms with E-state index in [1.165, 1.54) is 0 Å². The number of nitrogens with two attached hydrogens (primary N) is 1. The lowest BCUT2D eigenvalue weighted by molar-refractivity contribution is 0.0951. The Morgan fingerprint density at radius 1 is 1.40 bits per heavy atom. The smallest absolute Gasteiger partial charge is 0.274 e. The van der Waals surface area contributed by atoms with E-state index in [0.29, 0.717) is 35.0 Å². The van der Waals surface area contributed by atoms with Crippen LogP contribution in [0.5, 0.6) is 0 Å². The molecule has 0 radical (unpaired) electrons. The Kier molecular flexibility index (Phi) is 5.81. The fourth-order valence-corrected chi connectivity index (χ4v) is 3.04. The maximum atomic E-state index is 12.6. The summed E-state index contributed by atoms with van der Waals surface area (Å²) in [4.78, 5) is 29.3. The lowest BCUT2D eigenvalue weighted by atomic mass is 10.1. The molecule has 1 unspecified atom stereocenters. The second-order valence-corrected chi connectivity index (χ2v) is 6.78. The molecular weight excluding hydrogens is 365 g/mol. The van der Waals surface area contributed by atoms with Crippen molar-refractivity contribution in [3.8, 4) is 0 Å². The molecule has 2 aliphatic carbocycles. The summed E-state index contributed by atoms with van der Waals surface area (Å²) >= 11 is 0. The number of fused-ring (bicyclic) bond motifs is 1. The Bertz CT molecular complexity index is 839. The molecule has 138 valence electrons. The van der Waals surface area contributed by atoms with Gasteiger partial charge >= 0.3 is 0 Å². The lowest BCUT2D eigenvalue weighted by Crippen LogP contribution is -2.38. The van der Waals surface area contributed by atoms with Crippen LogP contribution in [-0.2, 0) is 7.05 Å². The van der Waals surface area contributed by atoms with Crippen molar-refractivity contribution in [1.82, 2.24) is 20.1 Å². The molecule has 9 heteroatoms. The summed E-state index contributed by atoms with van der Waals surface area (Å²) in [5.74, 6) is 0.687. The topological polar surface area (TPSA) is 106 Å². The fourth-order valence-electron chi connectivity index (χ4n) is 3.04. The first-order valence-corrected chi connectivity index (χ1v) is 8.18. The van der Waals surface area contributed by atoms with Crippen LogP contribution in [-0.4, -0.2) is 33.3 Å². The van der Waals surface area contributed by atoms with Gasteiger partial charge in [-0.2, -0.15) is 0 Å². The van der Waals surface area contributed by atoms with Gasteiger partial charge < -0.3 is 11.1 Å². The number of nitrogens with one attached hydrogen (secondary N) is 2. The summed E-state index contributed by atoms with van der Waals surface area (Å²) in [7, 11) is 1.73. The molecule has 2 saturated carbocycles. The van der Waals surface area contributed by atoms with Gasteiger partial charge in [-0.3, -0.25) is 19.4 Å². The van der Waals surface area contributed by atoms with E-state index in [4.69, 9.17) is 5.73 Å². The molecule has 4 rings (SSSR count). The third kappa shape index (κ3) is 3.83. The SMILES string of the molecule is Cl.Cl.Cn1[nH]c(=O)c2c(C(=O)NCC(N)C3CC3)cc(C3CC3)nc21. The van der Waals surface area contributed by atoms with Gasteiger partial charge in [-0.15, -0.1) is 24.8 Å². The minimum absolute atomic E-state index is 0. The number of hydrogen-bond donors (Lipinski definition) is 3. The third-order valence-corrected chi connectivity index (χ3v) is 4.80. The van der Waals surface area contributed by atoms with Gasteiger partial charge in [0, 0.05) is 31.2 Å². The first-order chi connectivity index (χ1) is 11.0. The summed E-state index contributed by atoms with van der Waals surface area (Å²) < 4.78 is 1.58. The number of pyridine rings is 1. The molecule has 1 amide bonds. The van der Waals surface area contributed by atoms with E-state index in [9.17, 15) is 9.59 Å². The minimum Gasteiger partial charge on any atom is -0.350 e. The van der Waals surface area contributed by atoms with Crippen LogP contribution in [0, 0.1) is 5.92 Å². The van der Waals surface area contributed by atoms with Crippen molar-refractivity contribution >= 4 is 41.8 Å². The molecule has 0 aliphatic heterocycles. The zero-order valence-electron chi connectivity index (χ0n) is 13.9. The minimum atomic E-state index is -0.283. The summed E-state index contributed by atoms with van der Waals surface area (Å²) in [5.41, 5.74) is 7.59. The summed E-state index contributed by atoms with van der Waals surface area (Å²) in [6, 6.07) is 1.76. The van der Waals surface area contributed by atoms with Crippen LogP contribution in [0.25, 0.3) is 11.0 Å². The Morgan fingerprint density at radius 3 is 2.68 bits per heavy atom. The second kappa shape index (κ2) is 7.35. The highest BCUT2D eigenvalue weighted by Crippen LogP contribution is 2.40. The molecule has 2 aromatic rings. The lowest BCUT2D eigenvalue weighted by Gasteiger charge is -2.12. The molecule has 1 atom stereocenters. The average molecular weight is 388 g/mol. The van der Waals surface area contributed by atoms with Gasteiger partial charge in [0.25, 0.3) is 11.5 Å². The molecule has 2 aliphatic rings. The second-order valence-electron chi connectivity index (χ2n) is 6.78. The summed E-state index contributed by atoms with van der Waals surface area (Å²) in [5, 5.41) is 5.92. The van der Waals surface area contributed by atoms with Crippen LogP contribution in [0.15, 0.2) is 10.9 Å². The summed E-state index contributed by atoms with van der Waals surface area (Å²) in [6.45, 7) is 0.441. The van der Waals surface area contributed by atoms with E-state index < -0.39 is 0 Å². The molecule has 2 fully saturated rings. The number of carbonyl (C=O) groups is 1. The van der Waals surface area contributed by atoms with Crippen molar-refractivity contribution < 1.29 is 4.79 Å². The maximum Gasteiger partial charge on any atom is 0.274 e. The molecule has 2 heterocycles. The van der Waals surface area contributed by atoms with Crippen LogP contribution < -0.4 is 16.6 Å². The van der Waals surface area contributed by atoms with E-state index >= 15 is 0 Å². The maximum absolute atomic E-state index is 12.6. The number of hydrogen-bond acceptors (Lipinski definition) is 4. The van der Waals surface area contributed by atoms with Crippen LogP contribution in [0.1, 0.15) is 47.7 Å². The zero-order chi connectivity index (χ0) is 16.1. The van der Waals surface area contributed by atoms with Gasteiger partial charge in [0.15, 0.2) is 5.65 Å². The van der Waals surface area contributed by atoms with E-state index in [1.54, 1.807) is 17.8 Å². The standard InChI is InChI=1S/C16H21N5O2.2ClH/c1-21-14-13(16(23)20-21)10(6-12(19-14)9-4-5-9)15(22)18-7-11(17)8-2-3-8;;/h6,8-9,11H,2-5,7,17H2,1H3,(H,18,22)(H,20,23);2*1H. The number of amides is 1. The van der Waals surface area contributed by atoms with Gasteiger partial charge in [-0.25, -0.2) is 4.98 Å². The normalized spacial score (nSPS) is 17.5. The predicted octanol–water partition coefficient (Wildman–Crippen LogP) is 1.45. The molecule has 0 saturated heterocycles. The molecule has 0 spiro atoms. The summed E-state index contributed by atoms with van der Waals surface area (Å²) in [6.07, 6.45) is 4.45. The molecule has 2 aromatic heterocycles. The van der Waals surface area contributed by atoms with Crippen molar-refractivity contribution in [3.63, 3.8) is 0 Å². The van der Waals surface area contributed by atoms with Crippen molar-refractivity contribution in [2.24, 2.45) is 18.7 Å². The third-order valence-electron chi connectivity index (χ3n) is 4.80. The van der Waals surface area contributed by atoms with Crippen LogP contribution in [0.3, 0.4) is 0 Å². The Balaban J connectivity index is 0.00000113. The first kappa shape index (κ1) is 19.8. The number of aromatic amines is 1. The van der Waals surface area contributed by atoms with Crippen molar-refractivity contribution in [3.05, 3.63) is 27.7 Å². The number of aryl methyl sites for hydroxylation is 1. The van der Waals surface area contributed by atoms with Gasteiger partial charge in [0.1, 0.15) is 0 Å². The quantitative estimate of drug-likeness (QED) is 0.721. The highest BCUT2D eigenvalue weighted by molar-refractivity contribution is 6.05. The monoisotopic (exact) mass is 387 g/mol. The predicted molar refractivity (Wildman–Crippen MR) is 101 cm³/mol. The number of carbonyl (C=O) groups excluding carboxylic acids is 1. The molecule has 25 heavy (non-hydrogen) atoms. The number of H-pyrrole nitrogens is 1. The van der Waals surface area contributed by atoms with Crippen molar-refractivity contribution in [2.45, 2.75) is 37.6 Å². The zero-order valence-corrected chi connectivity index (χ0v) is 15.6. The van der Waals surface area contributed by atoms with Gasteiger partial charge in [-0.1, -0.05) is 0 Å².